The van der Waals surface area contributed by atoms with E-state index < -0.39 is 0 Å². The Hall–Kier alpha value is -1.20. The lowest BCUT2D eigenvalue weighted by Gasteiger charge is -2.55. The van der Waals surface area contributed by atoms with Crippen molar-refractivity contribution in [1.82, 2.24) is 14.9 Å². The molecule has 4 heterocycles. The van der Waals surface area contributed by atoms with E-state index in [-0.39, 0.29) is 0 Å². The van der Waals surface area contributed by atoms with Crippen molar-refractivity contribution in [3.63, 3.8) is 0 Å². The van der Waals surface area contributed by atoms with Crippen molar-refractivity contribution >= 4 is 27.4 Å². The smallest absolute Gasteiger partial charge is 0.140 e. The first-order chi connectivity index (χ1) is 12.1. The van der Waals surface area contributed by atoms with Crippen LogP contribution in [0.5, 0.6) is 0 Å². The molecule has 2 fully saturated rings. The average Bonchev–Trinajstić information content (AvgIpc) is 3.04. The van der Waals surface area contributed by atoms with Crippen LogP contribution in [0.4, 0.5) is 5.82 Å². The lowest BCUT2D eigenvalue weighted by Crippen LogP contribution is -2.61. The van der Waals surface area contributed by atoms with E-state index in [0.29, 0.717) is 5.41 Å². The van der Waals surface area contributed by atoms with Crippen LogP contribution in [0.3, 0.4) is 0 Å². The second-order valence-corrected chi connectivity index (χ2v) is 9.27. The number of anilines is 1. The molecule has 0 N–H and O–H groups in total. The van der Waals surface area contributed by atoms with E-state index in [2.05, 4.69) is 46.6 Å². The van der Waals surface area contributed by atoms with Crippen LogP contribution in [-0.4, -0.2) is 47.6 Å². The molecule has 1 atom stereocenters. The molecule has 2 aliphatic heterocycles. The van der Waals surface area contributed by atoms with Gasteiger partial charge in [0.05, 0.1) is 5.39 Å². The number of fused-ring (bicyclic) bond motifs is 1. The predicted molar refractivity (Wildman–Crippen MR) is 107 cm³/mol. The van der Waals surface area contributed by atoms with Crippen LogP contribution in [0.15, 0.2) is 12.4 Å². The van der Waals surface area contributed by atoms with Gasteiger partial charge in [-0.15, -0.1) is 11.3 Å². The van der Waals surface area contributed by atoms with Crippen molar-refractivity contribution in [2.45, 2.75) is 46.5 Å². The van der Waals surface area contributed by atoms with Gasteiger partial charge in [0.15, 0.2) is 0 Å². The molecule has 5 heteroatoms. The molecule has 1 unspecified atom stereocenters. The highest BCUT2D eigenvalue weighted by molar-refractivity contribution is 7.18. The van der Waals surface area contributed by atoms with Gasteiger partial charge in [0.25, 0.3) is 0 Å². The summed E-state index contributed by atoms with van der Waals surface area (Å²) in [6.45, 7) is 13.1. The zero-order valence-electron chi connectivity index (χ0n) is 15.8. The number of aromatic nitrogens is 2. The number of likely N-dealkylation sites (tertiary alicyclic amines) is 1. The Balaban J connectivity index is 1.41. The maximum absolute atomic E-state index is 4.65. The summed E-state index contributed by atoms with van der Waals surface area (Å²) in [6.07, 6.45) is 6.73. The quantitative estimate of drug-likeness (QED) is 0.802. The molecule has 0 aliphatic carbocycles. The molecule has 4 rings (SSSR count). The zero-order valence-corrected chi connectivity index (χ0v) is 16.6. The average molecular weight is 359 g/mol. The Kier molecular flexibility index (Phi) is 4.71. The minimum absolute atomic E-state index is 0.583. The van der Waals surface area contributed by atoms with Gasteiger partial charge < -0.3 is 9.80 Å². The van der Waals surface area contributed by atoms with Crippen molar-refractivity contribution in [1.29, 1.82) is 0 Å². The third-order valence-corrected chi connectivity index (χ3v) is 7.40. The Morgan fingerprint density at radius 2 is 1.96 bits per heavy atom. The third-order valence-electron chi connectivity index (χ3n) is 6.22. The first kappa shape index (κ1) is 17.2. The van der Waals surface area contributed by atoms with E-state index in [1.807, 2.05) is 11.3 Å². The van der Waals surface area contributed by atoms with Gasteiger partial charge in [-0.2, -0.15) is 0 Å². The number of aryl methyl sites for hydroxylation is 1. The summed E-state index contributed by atoms with van der Waals surface area (Å²) in [5, 5.41) is 1.26. The van der Waals surface area contributed by atoms with Gasteiger partial charge >= 0.3 is 0 Å². The molecule has 2 aromatic heterocycles. The summed E-state index contributed by atoms with van der Waals surface area (Å²) in [5.74, 6) is 1.99. The molecule has 0 amide bonds. The molecule has 25 heavy (non-hydrogen) atoms. The largest absolute Gasteiger partial charge is 0.356 e. The standard InChI is InChI=1S/C20H30N4S/c1-4-15(3)11-23-12-20(13-23)6-8-24(9-7-20)18-17-10-16(5-2)25-19(17)22-14-21-18/h10,14-15H,4-9,11-13H2,1-3H3. The number of hydrogen-bond acceptors (Lipinski definition) is 5. The molecular weight excluding hydrogens is 328 g/mol. The highest BCUT2D eigenvalue weighted by Gasteiger charge is 2.44. The summed E-state index contributed by atoms with van der Waals surface area (Å²) >= 11 is 1.81. The van der Waals surface area contributed by atoms with Crippen LogP contribution in [-0.2, 0) is 6.42 Å². The van der Waals surface area contributed by atoms with E-state index in [1.165, 1.54) is 49.2 Å². The van der Waals surface area contributed by atoms with E-state index in [0.717, 1.165) is 36.1 Å². The molecule has 2 aliphatic rings. The second-order valence-electron chi connectivity index (χ2n) is 8.15. The van der Waals surface area contributed by atoms with Crippen LogP contribution in [0.1, 0.15) is 44.9 Å². The van der Waals surface area contributed by atoms with Crippen molar-refractivity contribution < 1.29 is 0 Å². The van der Waals surface area contributed by atoms with E-state index in [9.17, 15) is 0 Å². The lowest BCUT2D eigenvalue weighted by molar-refractivity contribution is -0.0263. The topological polar surface area (TPSA) is 32.3 Å². The minimum Gasteiger partial charge on any atom is -0.356 e. The van der Waals surface area contributed by atoms with Gasteiger partial charge in [-0.3, -0.25) is 0 Å². The highest BCUT2D eigenvalue weighted by atomic mass is 32.1. The molecule has 136 valence electrons. The molecule has 1 spiro atoms. The summed E-state index contributed by atoms with van der Waals surface area (Å²) in [4.78, 5) is 16.8. The third kappa shape index (κ3) is 3.28. The summed E-state index contributed by atoms with van der Waals surface area (Å²) < 4.78 is 0. The molecule has 0 bridgehead atoms. The molecule has 0 saturated carbocycles. The van der Waals surface area contributed by atoms with Gasteiger partial charge in [-0.1, -0.05) is 27.2 Å². The Labute approximate surface area is 155 Å². The maximum atomic E-state index is 4.65. The van der Waals surface area contributed by atoms with Crippen molar-refractivity contribution in [3.8, 4) is 0 Å². The van der Waals surface area contributed by atoms with Crippen LogP contribution >= 0.6 is 11.3 Å². The molecular formula is C20H30N4S. The molecule has 2 aromatic rings. The number of rotatable bonds is 5. The van der Waals surface area contributed by atoms with Gasteiger partial charge in [-0.05, 0) is 36.7 Å². The molecule has 2 saturated heterocycles. The van der Waals surface area contributed by atoms with E-state index >= 15 is 0 Å². The number of hydrogen-bond donors (Lipinski definition) is 0. The fourth-order valence-electron chi connectivity index (χ4n) is 4.43. The highest BCUT2D eigenvalue weighted by Crippen LogP contribution is 2.42. The number of piperidine rings is 1. The molecule has 0 aromatic carbocycles. The van der Waals surface area contributed by atoms with E-state index in [4.69, 9.17) is 0 Å². The normalized spacial score (nSPS) is 21.6. The fourth-order valence-corrected chi connectivity index (χ4v) is 5.36. The van der Waals surface area contributed by atoms with E-state index in [1.54, 1.807) is 6.33 Å². The minimum atomic E-state index is 0.583. The van der Waals surface area contributed by atoms with Crippen LogP contribution in [0, 0.1) is 11.3 Å². The van der Waals surface area contributed by atoms with Gasteiger partial charge in [0.2, 0.25) is 0 Å². The second kappa shape index (κ2) is 6.84. The first-order valence-corrected chi connectivity index (χ1v) is 10.6. The predicted octanol–water partition coefficient (Wildman–Crippen LogP) is 4.20. The molecule has 4 nitrogen and oxygen atoms in total. The van der Waals surface area contributed by atoms with Gasteiger partial charge in [0.1, 0.15) is 17.0 Å². The molecule has 0 radical (unpaired) electrons. The lowest BCUT2D eigenvalue weighted by atomic mass is 9.71. The van der Waals surface area contributed by atoms with Gasteiger partial charge in [-0.25, -0.2) is 9.97 Å². The number of thiophene rings is 1. The summed E-state index contributed by atoms with van der Waals surface area (Å²) in [5.41, 5.74) is 0.583. The van der Waals surface area contributed by atoms with Crippen molar-refractivity contribution in [2.75, 3.05) is 37.6 Å². The fraction of sp³-hybridized carbons (Fsp3) is 0.700. The van der Waals surface area contributed by atoms with Crippen LogP contribution < -0.4 is 4.90 Å². The zero-order chi connectivity index (χ0) is 17.4. The Morgan fingerprint density at radius 3 is 2.64 bits per heavy atom. The SMILES string of the molecule is CCc1cc2c(N3CCC4(CC3)CN(CC(C)CC)C4)ncnc2s1. The first-order valence-electron chi connectivity index (χ1n) is 9.83. The number of nitrogens with zero attached hydrogens (tertiary/aromatic N) is 4. The van der Waals surface area contributed by atoms with Gasteiger partial charge in [0, 0.05) is 37.6 Å². The monoisotopic (exact) mass is 358 g/mol. The maximum Gasteiger partial charge on any atom is 0.140 e. The van der Waals surface area contributed by atoms with Crippen LogP contribution in [0.2, 0.25) is 0 Å². The van der Waals surface area contributed by atoms with Crippen molar-refractivity contribution in [2.24, 2.45) is 11.3 Å². The Bertz CT molecular complexity index is 724. The van der Waals surface area contributed by atoms with Crippen LogP contribution in [0.25, 0.3) is 10.2 Å². The summed E-state index contributed by atoms with van der Waals surface area (Å²) in [7, 11) is 0. The summed E-state index contributed by atoms with van der Waals surface area (Å²) in [6, 6.07) is 2.30. The Morgan fingerprint density at radius 1 is 1.20 bits per heavy atom. The van der Waals surface area contributed by atoms with Crippen molar-refractivity contribution in [3.05, 3.63) is 17.3 Å².